The van der Waals surface area contributed by atoms with E-state index in [4.69, 9.17) is 4.74 Å². The summed E-state index contributed by atoms with van der Waals surface area (Å²) in [7, 11) is 1.59. The maximum absolute atomic E-state index is 12.3. The topological polar surface area (TPSA) is 26.3 Å². The Hall–Kier alpha value is -1.13. The molecule has 0 fully saturated rings. The van der Waals surface area contributed by atoms with Crippen molar-refractivity contribution in [1.82, 2.24) is 0 Å². The van der Waals surface area contributed by atoms with E-state index in [9.17, 15) is 4.79 Å². The summed E-state index contributed by atoms with van der Waals surface area (Å²) in [4.78, 5) is 13.4. The number of ether oxygens (including phenoxy) is 1. The number of carbonyl (C=O) groups is 1. The van der Waals surface area contributed by atoms with Gasteiger partial charge in [-0.25, -0.2) is 0 Å². The van der Waals surface area contributed by atoms with E-state index in [1.54, 1.807) is 24.5 Å². The van der Waals surface area contributed by atoms with Gasteiger partial charge < -0.3 is 4.74 Å². The third-order valence-corrected chi connectivity index (χ3v) is 3.96. The van der Waals surface area contributed by atoms with Gasteiger partial charge in [0, 0.05) is 25.9 Å². The van der Waals surface area contributed by atoms with Gasteiger partial charge in [0.15, 0.2) is 5.78 Å². The first-order valence-electron chi connectivity index (χ1n) is 5.05. The lowest BCUT2D eigenvalue weighted by atomic mass is 10.1. The van der Waals surface area contributed by atoms with Gasteiger partial charge in [-0.2, -0.15) is 0 Å². The summed E-state index contributed by atoms with van der Waals surface area (Å²) in [5, 5.41) is 1.88. The van der Waals surface area contributed by atoms with E-state index >= 15 is 0 Å². The molecule has 2 nitrogen and oxygen atoms in total. The highest BCUT2D eigenvalue weighted by atomic mass is 79.9. The first-order chi connectivity index (χ1) is 8.11. The minimum absolute atomic E-state index is 0.0140. The number of ketones is 1. The van der Waals surface area contributed by atoms with Crippen molar-refractivity contribution in [2.45, 2.75) is 6.92 Å². The third kappa shape index (κ3) is 2.58. The van der Waals surface area contributed by atoms with E-state index in [2.05, 4.69) is 15.9 Å². The van der Waals surface area contributed by atoms with Crippen LogP contribution in [0.4, 0.5) is 0 Å². The van der Waals surface area contributed by atoms with Gasteiger partial charge in [-0.1, -0.05) is 15.9 Å². The minimum Gasteiger partial charge on any atom is -0.497 e. The Kier molecular flexibility index (Phi) is 3.64. The second-order valence-electron chi connectivity index (χ2n) is 3.62. The average Bonchev–Trinajstić information content (AvgIpc) is 2.76. The second-order valence-corrected chi connectivity index (χ2v) is 5.59. The van der Waals surface area contributed by atoms with E-state index in [-0.39, 0.29) is 5.78 Å². The minimum atomic E-state index is 0.0140. The van der Waals surface area contributed by atoms with Crippen molar-refractivity contribution in [2.75, 3.05) is 7.11 Å². The number of methoxy groups -OCH3 is 1. The summed E-state index contributed by atoms with van der Waals surface area (Å²) < 4.78 is 5.92. The Morgan fingerprint density at radius 1 is 1.35 bits per heavy atom. The Balaban J connectivity index is 2.43. The quantitative estimate of drug-likeness (QED) is 0.799. The molecule has 0 N–H and O–H groups in total. The highest BCUT2D eigenvalue weighted by molar-refractivity contribution is 9.10. The Labute approximate surface area is 112 Å². The first-order valence-corrected chi connectivity index (χ1v) is 6.72. The summed E-state index contributed by atoms with van der Waals surface area (Å²) in [6.07, 6.45) is 0. The van der Waals surface area contributed by atoms with Crippen LogP contribution in [0.1, 0.15) is 20.8 Å². The molecular weight excluding hydrogens is 300 g/mol. The summed E-state index contributed by atoms with van der Waals surface area (Å²) in [6, 6.07) is 7.29. The predicted octanol–water partition coefficient (Wildman–Crippen LogP) is 4.06. The molecule has 2 rings (SSSR count). The number of thiophene rings is 1. The van der Waals surface area contributed by atoms with E-state index < -0.39 is 0 Å². The van der Waals surface area contributed by atoms with Crippen molar-refractivity contribution in [1.29, 1.82) is 0 Å². The molecule has 17 heavy (non-hydrogen) atoms. The molecule has 0 bridgehead atoms. The SMILES string of the molecule is COc1ccc(Br)c(C(=O)c2csc(C)c2)c1. The van der Waals surface area contributed by atoms with Gasteiger partial charge in [0.05, 0.1) is 7.11 Å². The fraction of sp³-hybridized carbons (Fsp3) is 0.154. The largest absolute Gasteiger partial charge is 0.497 e. The van der Waals surface area contributed by atoms with Crippen LogP contribution in [0.25, 0.3) is 0 Å². The van der Waals surface area contributed by atoms with Crippen molar-refractivity contribution < 1.29 is 9.53 Å². The van der Waals surface area contributed by atoms with Crippen LogP contribution in [-0.2, 0) is 0 Å². The molecule has 88 valence electrons. The maximum Gasteiger partial charge on any atom is 0.195 e. The molecule has 0 aliphatic carbocycles. The second kappa shape index (κ2) is 5.02. The van der Waals surface area contributed by atoms with Crippen LogP contribution in [0.2, 0.25) is 0 Å². The molecule has 1 aromatic carbocycles. The summed E-state index contributed by atoms with van der Waals surface area (Å²) in [5.74, 6) is 0.698. The monoisotopic (exact) mass is 310 g/mol. The lowest BCUT2D eigenvalue weighted by molar-refractivity contribution is 0.103. The van der Waals surface area contributed by atoms with Crippen LogP contribution in [-0.4, -0.2) is 12.9 Å². The molecule has 1 heterocycles. The number of rotatable bonds is 3. The standard InChI is InChI=1S/C13H11BrO2S/c1-8-5-9(7-17-8)13(15)11-6-10(16-2)3-4-12(11)14/h3-7H,1-2H3. The van der Waals surface area contributed by atoms with Gasteiger partial charge in [0.25, 0.3) is 0 Å². The number of aryl methyl sites for hydroxylation is 1. The van der Waals surface area contributed by atoms with E-state index in [0.29, 0.717) is 11.3 Å². The number of carbonyl (C=O) groups excluding carboxylic acids is 1. The van der Waals surface area contributed by atoms with Crippen LogP contribution >= 0.6 is 27.3 Å². The fourth-order valence-electron chi connectivity index (χ4n) is 1.52. The smallest absolute Gasteiger partial charge is 0.195 e. The van der Waals surface area contributed by atoms with Gasteiger partial charge in [-0.05, 0) is 31.2 Å². The summed E-state index contributed by atoms with van der Waals surface area (Å²) in [6.45, 7) is 1.99. The molecule has 0 unspecified atom stereocenters. The van der Waals surface area contributed by atoms with Crippen molar-refractivity contribution in [3.05, 3.63) is 50.1 Å². The van der Waals surface area contributed by atoms with Gasteiger partial charge in [-0.15, -0.1) is 11.3 Å². The Bertz CT molecular complexity index is 560. The molecule has 0 radical (unpaired) electrons. The van der Waals surface area contributed by atoms with Crippen molar-refractivity contribution in [3.8, 4) is 5.75 Å². The number of halogens is 1. The number of hydrogen-bond acceptors (Lipinski definition) is 3. The van der Waals surface area contributed by atoms with Crippen molar-refractivity contribution >= 4 is 33.0 Å². The molecule has 2 aromatic rings. The molecule has 0 aliphatic heterocycles. The van der Waals surface area contributed by atoms with Crippen molar-refractivity contribution in [2.24, 2.45) is 0 Å². The zero-order valence-corrected chi connectivity index (χ0v) is 11.9. The zero-order chi connectivity index (χ0) is 12.4. The maximum atomic E-state index is 12.3. The highest BCUT2D eigenvalue weighted by Gasteiger charge is 2.14. The molecule has 0 saturated carbocycles. The molecule has 0 saturated heterocycles. The highest BCUT2D eigenvalue weighted by Crippen LogP contribution is 2.26. The predicted molar refractivity (Wildman–Crippen MR) is 73.2 cm³/mol. The molecular formula is C13H11BrO2S. The van der Waals surface area contributed by atoms with Crippen LogP contribution in [0.5, 0.6) is 5.75 Å². The lowest BCUT2D eigenvalue weighted by Crippen LogP contribution is -2.01. The van der Waals surface area contributed by atoms with Crippen LogP contribution in [0.3, 0.4) is 0 Å². The number of hydrogen-bond donors (Lipinski definition) is 0. The molecule has 0 aliphatic rings. The summed E-state index contributed by atoms with van der Waals surface area (Å²) >= 11 is 4.97. The third-order valence-electron chi connectivity index (χ3n) is 2.41. The molecule has 0 spiro atoms. The lowest BCUT2D eigenvalue weighted by Gasteiger charge is -2.05. The van der Waals surface area contributed by atoms with E-state index in [1.165, 1.54) is 0 Å². The zero-order valence-electron chi connectivity index (χ0n) is 9.49. The van der Waals surface area contributed by atoms with Crippen molar-refractivity contribution in [3.63, 3.8) is 0 Å². The average molecular weight is 311 g/mol. The molecule has 1 aromatic heterocycles. The Morgan fingerprint density at radius 2 is 2.12 bits per heavy atom. The normalized spacial score (nSPS) is 10.3. The fourth-order valence-corrected chi connectivity index (χ4v) is 2.63. The van der Waals surface area contributed by atoms with Gasteiger partial charge in [-0.3, -0.25) is 4.79 Å². The van der Waals surface area contributed by atoms with Crippen LogP contribution in [0, 0.1) is 6.92 Å². The first kappa shape index (κ1) is 12.3. The van der Waals surface area contributed by atoms with Gasteiger partial charge in [0.2, 0.25) is 0 Å². The van der Waals surface area contributed by atoms with E-state index in [1.807, 2.05) is 30.5 Å². The summed E-state index contributed by atoms with van der Waals surface area (Å²) in [5.41, 5.74) is 1.35. The number of benzene rings is 1. The van der Waals surface area contributed by atoms with Gasteiger partial charge in [0.1, 0.15) is 5.75 Å². The van der Waals surface area contributed by atoms with Crippen LogP contribution in [0.15, 0.2) is 34.1 Å². The van der Waals surface area contributed by atoms with E-state index in [0.717, 1.165) is 14.9 Å². The Morgan fingerprint density at radius 3 is 2.71 bits per heavy atom. The van der Waals surface area contributed by atoms with Crippen LogP contribution < -0.4 is 4.74 Å². The molecule has 0 atom stereocenters. The van der Waals surface area contributed by atoms with Gasteiger partial charge >= 0.3 is 0 Å². The molecule has 4 heteroatoms. The molecule has 0 amide bonds.